The van der Waals surface area contributed by atoms with Gasteiger partial charge in [-0.1, -0.05) is 20.8 Å². The van der Waals surface area contributed by atoms with Crippen LogP contribution >= 0.6 is 0 Å². The molecule has 0 bridgehead atoms. The molecule has 1 aromatic rings. The molecular formula is C10H16N2. The van der Waals surface area contributed by atoms with Crippen LogP contribution in [0.3, 0.4) is 0 Å². The smallest absolute Gasteiger partial charge is 0.115 e. The lowest BCUT2D eigenvalue weighted by molar-refractivity contribution is 0.870. The standard InChI is InChI=1S/C10H16N2/c1-4-8-9(5-2)11-7-12-10(8)6-3/h7H,4-6H2,1-3H3. The van der Waals surface area contributed by atoms with Crippen LogP contribution in [0.1, 0.15) is 37.7 Å². The maximum absolute atomic E-state index is 4.27. The number of hydrogen-bond donors (Lipinski definition) is 0. The first-order valence-corrected chi connectivity index (χ1v) is 4.65. The Morgan fingerprint density at radius 2 is 1.42 bits per heavy atom. The van der Waals surface area contributed by atoms with Gasteiger partial charge in [-0.05, 0) is 24.8 Å². The van der Waals surface area contributed by atoms with E-state index in [1.807, 2.05) is 0 Å². The van der Waals surface area contributed by atoms with E-state index in [-0.39, 0.29) is 0 Å². The summed E-state index contributed by atoms with van der Waals surface area (Å²) in [4.78, 5) is 8.53. The maximum atomic E-state index is 4.27. The second-order valence-electron chi connectivity index (χ2n) is 2.81. The number of nitrogens with zero attached hydrogens (tertiary/aromatic N) is 2. The molecule has 0 saturated carbocycles. The molecule has 0 aliphatic rings. The molecule has 0 fully saturated rings. The SMILES string of the molecule is CCc1ncnc(CC)c1CC. The minimum absolute atomic E-state index is 1.01. The van der Waals surface area contributed by atoms with Crippen LogP contribution in [0.4, 0.5) is 0 Å². The van der Waals surface area contributed by atoms with Gasteiger partial charge in [0.2, 0.25) is 0 Å². The number of rotatable bonds is 3. The molecule has 0 atom stereocenters. The number of aryl methyl sites for hydroxylation is 2. The molecule has 0 unspecified atom stereocenters. The Bertz CT molecular complexity index is 234. The van der Waals surface area contributed by atoms with E-state index >= 15 is 0 Å². The summed E-state index contributed by atoms with van der Waals surface area (Å²) in [6, 6.07) is 0. The molecular weight excluding hydrogens is 148 g/mol. The molecule has 0 radical (unpaired) electrons. The van der Waals surface area contributed by atoms with Crippen LogP contribution in [-0.2, 0) is 19.3 Å². The molecule has 0 aromatic carbocycles. The van der Waals surface area contributed by atoms with Gasteiger partial charge in [-0.25, -0.2) is 9.97 Å². The third-order valence-corrected chi connectivity index (χ3v) is 2.15. The van der Waals surface area contributed by atoms with E-state index in [2.05, 4.69) is 30.7 Å². The van der Waals surface area contributed by atoms with Gasteiger partial charge in [0.25, 0.3) is 0 Å². The number of hydrogen-bond acceptors (Lipinski definition) is 2. The van der Waals surface area contributed by atoms with Gasteiger partial charge in [-0.3, -0.25) is 0 Å². The zero-order chi connectivity index (χ0) is 8.97. The molecule has 0 N–H and O–H groups in total. The molecule has 0 amide bonds. The van der Waals surface area contributed by atoms with E-state index in [9.17, 15) is 0 Å². The minimum Gasteiger partial charge on any atom is -0.241 e. The van der Waals surface area contributed by atoms with Gasteiger partial charge in [0.15, 0.2) is 0 Å². The second kappa shape index (κ2) is 4.19. The zero-order valence-corrected chi connectivity index (χ0v) is 8.09. The molecule has 0 aliphatic carbocycles. The van der Waals surface area contributed by atoms with Gasteiger partial charge in [-0.2, -0.15) is 0 Å². The fraction of sp³-hybridized carbons (Fsp3) is 0.600. The van der Waals surface area contributed by atoms with E-state index in [1.54, 1.807) is 6.33 Å². The van der Waals surface area contributed by atoms with Crippen LogP contribution in [-0.4, -0.2) is 9.97 Å². The highest BCUT2D eigenvalue weighted by molar-refractivity contribution is 5.24. The van der Waals surface area contributed by atoms with Crippen LogP contribution < -0.4 is 0 Å². The molecule has 0 saturated heterocycles. The van der Waals surface area contributed by atoms with Gasteiger partial charge in [0, 0.05) is 11.4 Å². The van der Waals surface area contributed by atoms with Crippen molar-refractivity contribution in [3.8, 4) is 0 Å². The molecule has 2 nitrogen and oxygen atoms in total. The lowest BCUT2D eigenvalue weighted by atomic mass is 10.1. The Morgan fingerprint density at radius 3 is 1.75 bits per heavy atom. The highest BCUT2D eigenvalue weighted by Crippen LogP contribution is 2.11. The first-order chi connectivity index (χ1) is 5.83. The molecule has 1 rings (SSSR count). The van der Waals surface area contributed by atoms with Crippen molar-refractivity contribution in [3.05, 3.63) is 23.3 Å². The average molecular weight is 164 g/mol. The summed E-state index contributed by atoms with van der Waals surface area (Å²) in [5.74, 6) is 0. The van der Waals surface area contributed by atoms with Crippen molar-refractivity contribution in [2.75, 3.05) is 0 Å². The zero-order valence-electron chi connectivity index (χ0n) is 8.09. The fourth-order valence-electron chi connectivity index (χ4n) is 1.51. The largest absolute Gasteiger partial charge is 0.241 e. The third-order valence-electron chi connectivity index (χ3n) is 2.15. The maximum Gasteiger partial charge on any atom is 0.115 e. The highest BCUT2D eigenvalue weighted by atomic mass is 14.8. The summed E-state index contributed by atoms with van der Waals surface area (Å²) >= 11 is 0. The van der Waals surface area contributed by atoms with Crippen LogP contribution in [0, 0.1) is 0 Å². The Morgan fingerprint density at radius 1 is 0.917 bits per heavy atom. The summed E-state index contributed by atoms with van der Waals surface area (Å²) in [5.41, 5.74) is 3.77. The van der Waals surface area contributed by atoms with Crippen LogP contribution in [0.2, 0.25) is 0 Å². The van der Waals surface area contributed by atoms with Crippen molar-refractivity contribution in [2.45, 2.75) is 40.0 Å². The van der Waals surface area contributed by atoms with E-state index < -0.39 is 0 Å². The van der Waals surface area contributed by atoms with Crippen molar-refractivity contribution < 1.29 is 0 Å². The molecule has 12 heavy (non-hydrogen) atoms. The first-order valence-electron chi connectivity index (χ1n) is 4.65. The average Bonchev–Trinajstić information content (AvgIpc) is 2.16. The predicted molar refractivity (Wildman–Crippen MR) is 50.2 cm³/mol. The molecule has 1 heterocycles. The Kier molecular flexibility index (Phi) is 3.20. The summed E-state index contributed by atoms with van der Waals surface area (Å²) in [6.45, 7) is 6.44. The van der Waals surface area contributed by atoms with E-state index in [0.717, 1.165) is 19.3 Å². The Balaban J connectivity index is 3.13. The molecule has 2 heteroatoms. The quantitative estimate of drug-likeness (QED) is 0.684. The van der Waals surface area contributed by atoms with E-state index in [0.29, 0.717) is 0 Å². The van der Waals surface area contributed by atoms with Crippen molar-refractivity contribution in [1.82, 2.24) is 9.97 Å². The van der Waals surface area contributed by atoms with E-state index in [1.165, 1.54) is 17.0 Å². The summed E-state index contributed by atoms with van der Waals surface area (Å²) in [5, 5.41) is 0. The van der Waals surface area contributed by atoms with Gasteiger partial charge in [0.1, 0.15) is 6.33 Å². The molecule has 1 aromatic heterocycles. The minimum atomic E-state index is 1.01. The van der Waals surface area contributed by atoms with Gasteiger partial charge >= 0.3 is 0 Å². The van der Waals surface area contributed by atoms with E-state index in [4.69, 9.17) is 0 Å². The topological polar surface area (TPSA) is 25.8 Å². The van der Waals surface area contributed by atoms with Crippen LogP contribution in [0.25, 0.3) is 0 Å². The Hall–Kier alpha value is -0.920. The fourth-order valence-corrected chi connectivity index (χ4v) is 1.51. The Labute approximate surface area is 74.1 Å². The first kappa shape index (κ1) is 9.17. The van der Waals surface area contributed by atoms with Gasteiger partial charge in [0.05, 0.1) is 0 Å². The molecule has 66 valence electrons. The third kappa shape index (κ3) is 1.63. The summed E-state index contributed by atoms with van der Waals surface area (Å²) in [7, 11) is 0. The van der Waals surface area contributed by atoms with Crippen molar-refractivity contribution in [2.24, 2.45) is 0 Å². The second-order valence-corrected chi connectivity index (χ2v) is 2.81. The van der Waals surface area contributed by atoms with Crippen molar-refractivity contribution in [3.63, 3.8) is 0 Å². The van der Waals surface area contributed by atoms with Crippen LogP contribution in [0.15, 0.2) is 6.33 Å². The van der Waals surface area contributed by atoms with Gasteiger partial charge < -0.3 is 0 Å². The van der Waals surface area contributed by atoms with Crippen LogP contribution in [0.5, 0.6) is 0 Å². The lowest BCUT2D eigenvalue weighted by Crippen LogP contribution is -2.02. The predicted octanol–water partition coefficient (Wildman–Crippen LogP) is 2.16. The van der Waals surface area contributed by atoms with Crippen molar-refractivity contribution >= 4 is 0 Å². The summed E-state index contributed by atoms with van der Waals surface area (Å²) in [6.07, 6.45) is 4.75. The highest BCUT2D eigenvalue weighted by Gasteiger charge is 2.05. The van der Waals surface area contributed by atoms with Crippen molar-refractivity contribution in [1.29, 1.82) is 0 Å². The summed E-state index contributed by atoms with van der Waals surface area (Å²) < 4.78 is 0. The number of aromatic nitrogens is 2. The lowest BCUT2D eigenvalue weighted by Gasteiger charge is -2.07. The van der Waals surface area contributed by atoms with Gasteiger partial charge in [-0.15, -0.1) is 0 Å². The monoisotopic (exact) mass is 164 g/mol. The molecule has 0 spiro atoms. The molecule has 0 aliphatic heterocycles. The normalized spacial score (nSPS) is 10.2.